The number of nitro groups is 1. The third kappa shape index (κ3) is 3.21. The summed E-state index contributed by atoms with van der Waals surface area (Å²) < 4.78 is 5.61. The molecule has 0 amide bonds. The molecule has 1 aromatic carbocycles. The number of nitrogens with zero attached hydrogens (tertiary/aromatic N) is 2. The minimum absolute atomic E-state index is 0.0324. The lowest BCUT2D eigenvalue weighted by Gasteiger charge is -2.01. The minimum atomic E-state index is -0.407. The van der Waals surface area contributed by atoms with E-state index in [0.29, 0.717) is 23.6 Å². The van der Waals surface area contributed by atoms with Crippen LogP contribution in [-0.4, -0.2) is 23.0 Å². The molecule has 0 saturated carbocycles. The first-order valence-corrected chi connectivity index (χ1v) is 6.52. The Balaban J connectivity index is 2.27. The predicted octanol–water partition coefficient (Wildman–Crippen LogP) is 2.71. The maximum Gasteiger partial charge on any atom is 0.280 e. The fourth-order valence-corrected chi connectivity index (χ4v) is 1.93. The van der Waals surface area contributed by atoms with Crippen molar-refractivity contribution in [2.75, 3.05) is 13.1 Å². The molecule has 106 valence electrons. The van der Waals surface area contributed by atoms with Gasteiger partial charge in [0.2, 0.25) is 0 Å². The van der Waals surface area contributed by atoms with Gasteiger partial charge in [0.1, 0.15) is 0 Å². The van der Waals surface area contributed by atoms with Crippen molar-refractivity contribution in [2.24, 2.45) is 0 Å². The molecule has 0 spiro atoms. The van der Waals surface area contributed by atoms with Crippen molar-refractivity contribution in [3.05, 3.63) is 46.0 Å². The van der Waals surface area contributed by atoms with E-state index in [1.54, 1.807) is 18.3 Å². The Bertz CT molecular complexity index is 607. The van der Waals surface area contributed by atoms with Crippen molar-refractivity contribution in [1.29, 1.82) is 0 Å². The summed E-state index contributed by atoms with van der Waals surface area (Å²) in [6.45, 7) is 5.57. The molecule has 1 heterocycles. The number of rotatable bonds is 6. The van der Waals surface area contributed by atoms with Crippen LogP contribution in [0.5, 0.6) is 0 Å². The molecule has 6 heteroatoms. The number of aryl methyl sites for hydroxylation is 1. The van der Waals surface area contributed by atoms with Gasteiger partial charge in [0.05, 0.1) is 16.7 Å². The summed E-state index contributed by atoms with van der Waals surface area (Å²) in [5.41, 5.74) is 1.44. The first kappa shape index (κ1) is 14.2. The standard InChI is InChI=1S/C14H17N3O3/c1-3-15-7-6-14-16-9-13(20-14)11-8-10(2)4-5-12(11)17(18)19/h4-5,8-9,15H,3,6-7H2,1-2H3. The van der Waals surface area contributed by atoms with E-state index < -0.39 is 4.92 Å². The SMILES string of the molecule is CCNCCc1ncc(-c2cc(C)ccc2[N+](=O)[O-])o1. The van der Waals surface area contributed by atoms with Gasteiger partial charge in [-0.25, -0.2) is 4.98 Å². The molecule has 0 aliphatic carbocycles. The van der Waals surface area contributed by atoms with Crippen molar-refractivity contribution in [3.63, 3.8) is 0 Å². The van der Waals surface area contributed by atoms with Crippen LogP contribution in [0.1, 0.15) is 18.4 Å². The number of likely N-dealkylation sites (N-methyl/N-ethyl adjacent to an activating group) is 1. The van der Waals surface area contributed by atoms with Crippen LogP contribution >= 0.6 is 0 Å². The average Bonchev–Trinajstić information content (AvgIpc) is 2.87. The summed E-state index contributed by atoms with van der Waals surface area (Å²) in [5, 5.41) is 14.2. The Morgan fingerprint density at radius 1 is 1.45 bits per heavy atom. The van der Waals surface area contributed by atoms with E-state index in [4.69, 9.17) is 4.42 Å². The van der Waals surface area contributed by atoms with Crippen LogP contribution in [0.15, 0.2) is 28.8 Å². The summed E-state index contributed by atoms with van der Waals surface area (Å²) in [6.07, 6.45) is 2.20. The lowest BCUT2D eigenvalue weighted by Crippen LogP contribution is -2.16. The smallest absolute Gasteiger partial charge is 0.280 e. The summed E-state index contributed by atoms with van der Waals surface area (Å²) in [4.78, 5) is 14.8. The summed E-state index contributed by atoms with van der Waals surface area (Å²) in [6, 6.07) is 4.95. The third-order valence-electron chi connectivity index (χ3n) is 2.93. The second-order valence-corrected chi connectivity index (χ2v) is 4.50. The summed E-state index contributed by atoms with van der Waals surface area (Å²) in [5.74, 6) is 1.02. The zero-order chi connectivity index (χ0) is 14.5. The van der Waals surface area contributed by atoms with Crippen molar-refractivity contribution >= 4 is 5.69 Å². The monoisotopic (exact) mass is 275 g/mol. The van der Waals surface area contributed by atoms with E-state index in [1.165, 1.54) is 6.07 Å². The number of nitro benzene ring substituents is 1. The van der Waals surface area contributed by atoms with Crippen molar-refractivity contribution < 1.29 is 9.34 Å². The van der Waals surface area contributed by atoms with E-state index in [-0.39, 0.29) is 5.69 Å². The summed E-state index contributed by atoms with van der Waals surface area (Å²) >= 11 is 0. The Morgan fingerprint density at radius 2 is 2.25 bits per heavy atom. The van der Waals surface area contributed by atoms with E-state index in [1.807, 2.05) is 13.8 Å². The van der Waals surface area contributed by atoms with Crippen molar-refractivity contribution in [1.82, 2.24) is 10.3 Å². The average molecular weight is 275 g/mol. The lowest BCUT2D eigenvalue weighted by molar-refractivity contribution is -0.384. The highest BCUT2D eigenvalue weighted by Gasteiger charge is 2.18. The maximum atomic E-state index is 11.1. The van der Waals surface area contributed by atoms with Gasteiger partial charge in [-0.2, -0.15) is 0 Å². The van der Waals surface area contributed by atoms with Crippen LogP contribution in [-0.2, 0) is 6.42 Å². The molecule has 1 N–H and O–H groups in total. The quantitative estimate of drug-likeness (QED) is 0.498. The van der Waals surface area contributed by atoms with Gasteiger partial charge in [-0.3, -0.25) is 10.1 Å². The molecular weight excluding hydrogens is 258 g/mol. The zero-order valence-corrected chi connectivity index (χ0v) is 11.5. The van der Waals surface area contributed by atoms with Gasteiger partial charge in [0.15, 0.2) is 11.7 Å². The van der Waals surface area contributed by atoms with E-state index in [0.717, 1.165) is 18.7 Å². The summed E-state index contributed by atoms with van der Waals surface area (Å²) in [7, 11) is 0. The fourth-order valence-electron chi connectivity index (χ4n) is 1.93. The molecule has 2 rings (SSSR count). The minimum Gasteiger partial charge on any atom is -0.440 e. The second-order valence-electron chi connectivity index (χ2n) is 4.50. The van der Waals surface area contributed by atoms with Crippen molar-refractivity contribution in [2.45, 2.75) is 20.3 Å². The fraction of sp³-hybridized carbons (Fsp3) is 0.357. The molecule has 0 bridgehead atoms. The van der Waals surface area contributed by atoms with Crippen LogP contribution in [0.4, 0.5) is 5.69 Å². The molecule has 0 atom stereocenters. The molecule has 6 nitrogen and oxygen atoms in total. The molecule has 0 saturated heterocycles. The first-order valence-electron chi connectivity index (χ1n) is 6.52. The number of hydrogen-bond donors (Lipinski definition) is 1. The Morgan fingerprint density at radius 3 is 2.95 bits per heavy atom. The maximum absolute atomic E-state index is 11.1. The molecule has 0 radical (unpaired) electrons. The predicted molar refractivity (Wildman–Crippen MR) is 75.6 cm³/mol. The number of benzene rings is 1. The normalized spacial score (nSPS) is 10.7. The molecule has 20 heavy (non-hydrogen) atoms. The number of aromatic nitrogens is 1. The molecule has 0 aliphatic rings. The second kappa shape index (κ2) is 6.29. The topological polar surface area (TPSA) is 81.2 Å². The van der Waals surface area contributed by atoms with Crippen LogP contribution in [0.25, 0.3) is 11.3 Å². The molecule has 0 aliphatic heterocycles. The Kier molecular flexibility index (Phi) is 4.47. The van der Waals surface area contributed by atoms with Gasteiger partial charge in [-0.05, 0) is 25.1 Å². The molecule has 2 aromatic rings. The van der Waals surface area contributed by atoms with Crippen LogP contribution in [0.2, 0.25) is 0 Å². The molecule has 0 unspecified atom stereocenters. The van der Waals surface area contributed by atoms with Crippen LogP contribution in [0, 0.1) is 17.0 Å². The highest BCUT2D eigenvalue weighted by molar-refractivity contribution is 5.69. The van der Waals surface area contributed by atoms with Gasteiger partial charge < -0.3 is 9.73 Å². The molecular formula is C14H17N3O3. The number of nitrogens with one attached hydrogen (secondary N) is 1. The van der Waals surface area contributed by atoms with E-state index in [9.17, 15) is 10.1 Å². The van der Waals surface area contributed by atoms with Crippen molar-refractivity contribution in [3.8, 4) is 11.3 Å². The molecule has 1 aromatic heterocycles. The van der Waals surface area contributed by atoms with Crippen LogP contribution < -0.4 is 5.32 Å². The van der Waals surface area contributed by atoms with E-state index in [2.05, 4.69) is 10.3 Å². The molecule has 0 fully saturated rings. The Labute approximate surface area is 117 Å². The number of hydrogen-bond acceptors (Lipinski definition) is 5. The zero-order valence-electron chi connectivity index (χ0n) is 11.5. The van der Waals surface area contributed by atoms with Gasteiger partial charge >= 0.3 is 0 Å². The van der Waals surface area contributed by atoms with Gasteiger partial charge in [-0.1, -0.05) is 13.0 Å². The van der Waals surface area contributed by atoms with Gasteiger partial charge in [0, 0.05) is 19.0 Å². The number of oxazole rings is 1. The van der Waals surface area contributed by atoms with E-state index >= 15 is 0 Å². The van der Waals surface area contributed by atoms with Crippen LogP contribution in [0.3, 0.4) is 0 Å². The van der Waals surface area contributed by atoms with Gasteiger partial charge in [-0.15, -0.1) is 0 Å². The Hall–Kier alpha value is -2.21. The third-order valence-corrected chi connectivity index (χ3v) is 2.93. The lowest BCUT2D eigenvalue weighted by atomic mass is 10.1. The highest BCUT2D eigenvalue weighted by Crippen LogP contribution is 2.31. The first-order chi connectivity index (χ1) is 9.61. The van der Waals surface area contributed by atoms with Gasteiger partial charge in [0.25, 0.3) is 5.69 Å². The highest BCUT2D eigenvalue weighted by atomic mass is 16.6. The largest absolute Gasteiger partial charge is 0.440 e.